The predicted molar refractivity (Wildman–Crippen MR) is 88.5 cm³/mol. The van der Waals surface area contributed by atoms with E-state index < -0.39 is 11.9 Å². The molecule has 0 saturated heterocycles. The van der Waals surface area contributed by atoms with Crippen LogP contribution in [0.4, 0.5) is 13.2 Å². The van der Waals surface area contributed by atoms with E-state index in [2.05, 4.69) is 25.0 Å². The van der Waals surface area contributed by atoms with Crippen LogP contribution in [-0.4, -0.2) is 29.7 Å². The molecular weight excluding hydrogens is 369 g/mol. The molecule has 0 radical (unpaired) electrons. The Labute approximate surface area is 149 Å². The molecule has 3 aromatic heterocycles. The molecule has 0 aliphatic heterocycles. The maximum Gasteiger partial charge on any atom is 0.434 e. The molecule has 6 nitrogen and oxygen atoms in total. The van der Waals surface area contributed by atoms with E-state index in [0.717, 1.165) is 17.1 Å². The smallest absolute Gasteiger partial charge is 0.344 e. The van der Waals surface area contributed by atoms with Crippen molar-refractivity contribution in [3.05, 3.63) is 59.4 Å². The van der Waals surface area contributed by atoms with Gasteiger partial charge in [-0.3, -0.25) is 0 Å². The van der Waals surface area contributed by atoms with Gasteiger partial charge < -0.3 is 4.98 Å². The van der Waals surface area contributed by atoms with Crippen LogP contribution in [0.3, 0.4) is 0 Å². The summed E-state index contributed by atoms with van der Waals surface area (Å²) in [4.78, 5) is 14.2. The van der Waals surface area contributed by atoms with E-state index in [0.29, 0.717) is 17.8 Å². The summed E-state index contributed by atoms with van der Waals surface area (Å²) in [5, 5.41) is 5.15. The first kappa shape index (κ1) is 16.5. The first-order valence-corrected chi connectivity index (χ1v) is 7.84. The van der Waals surface area contributed by atoms with Crippen LogP contribution in [-0.2, 0) is 12.7 Å². The van der Waals surface area contributed by atoms with Gasteiger partial charge in [-0.15, -0.1) is 0 Å². The van der Waals surface area contributed by atoms with Crippen molar-refractivity contribution in [2.45, 2.75) is 12.7 Å². The number of rotatable bonds is 3. The second-order valence-electron chi connectivity index (χ2n) is 5.55. The van der Waals surface area contributed by atoms with Crippen LogP contribution in [0.2, 0.25) is 5.28 Å². The van der Waals surface area contributed by atoms with Gasteiger partial charge in [0, 0.05) is 18.0 Å². The largest absolute Gasteiger partial charge is 0.434 e. The normalized spacial score (nSPS) is 12.0. The van der Waals surface area contributed by atoms with Crippen molar-refractivity contribution in [3.63, 3.8) is 0 Å². The maximum atomic E-state index is 12.6. The van der Waals surface area contributed by atoms with Crippen molar-refractivity contribution in [1.29, 1.82) is 0 Å². The summed E-state index contributed by atoms with van der Waals surface area (Å²) in [6.07, 6.45) is -0.393. The number of hydrogen-bond acceptors (Lipinski definition) is 4. The summed E-state index contributed by atoms with van der Waals surface area (Å²) in [6, 6.07) is 6.98. The highest BCUT2D eigenvalue weighted by molar-refractivity contribution is 6.28. The van der Waals surface area contributed by atoms with Crippen LogP contribution in [0.25, 0.3) is 22.4 Å². The van der Waals surface area contributed by atoms with Gasteiger partial charge in [0.05, 0.1) is 18.1 Å². The third-order valence-electron chi connectivity index (χ3n) is 3.78. The number of benzene rings is 1. The number of imidazole rings is 1. The summed E-state index contributed by atoms with van der Waals surface area (Å²) in [5.41, 5.74) is 1.11. The summed E-state index contributed by atoms with van der Waals surface area (Å²) >= 11 is 5.82. The standard InChI is InChI=1S/C16H10ClF3N6/c17-15-22-5-11-6-23-26(14(11)25-15)8-9-1-3-10(4-2-9)13-21-7-12(24-13)16(18,19)20/h1-7H,8H2,(H,21,24). The minimum Gasteiger partial charge on any atom is -0.344 e. The number of fused-ring (bicyclic) bond motifs is 1. The van der Waals surface area contributed by atoms with E-state index in [9.17, 15) is 13.2 Å². The lowest BCUT2D eigenvalue weighted by atomic mass is 10.1. The van der Waals surface area contributed by atoms with Crippen molar-refractivity contribution in [1.82, 2.24) is 29.7 Å². The van der Waals surface area contributed by atoms with Gasteiger partial charge >= 0.3 is 6.18 Å². The van der Waals surface area contributed by atoms with E-state index in [4.69, 9.17) is 11.6 Å². The van der Waals surface area contributed by atoms with Gasteiger partial charge in [0.1, 0.15) is 5.82 Å². The minimum atomic E-state index is -4.47. The molecule has 0 spiro atoms. The van der Waals surface area contributed by atoms with Crippen LogP contribution in [0, 0.1) is 0 Å². The fourth-order valence-corrected chi connectivity index (χ4v) is 2.65. The molecule has 132 valence electrons. The Morgan fingerprint density at radius 3 is 2.54 bits per heavy atom. The SMILES string of the molecule is FC(F)(F)c1c[nH]c(-c2ccc(Cn3ncc4cnc(Cl)nc43)cc2)n1. The lowest BCUT2D eigenvalue weighted by molar-refractivity contribution is -0.140. The molecule has 0 aliphatic carbocycles. The molecule has 0 saturated carbocycles. The van der Waals surface area contributed by atoms with E-state index in [-0.39, 0.29) is 11.1 Å². The van der Waals surface area contributed by atoms with Gasteiger partial charge in [-0.1, -0.05) is 24.3 Å². The van der Waals surface area contributed by atoms with Gasteiger partial charge in [-0.2, -0.15) is 23.3 Å². The highest BCUT2D eigenvalue weighted by Gasteiger charge is 2.33. The van der Waals surface area contributed by atoms with Gasteiger partial charge in [-0.05, 0) is 17.2 Å². The van der Waals surface area contributed by atoms with E-state index in [1.54, 1.807) is 41.3 Å². The molecule has 4 rings (SSSR count). The number of halogens is 4. The molecule has 0 fully saturated rings. The minimum absolute atomic E-state index is 0.132. The first-order valence-electron chi connectivity index (χ1n) is 7.46. The topological polar surface area (TPSA) is 72.3 Å². The van der Waals surface area contributed by atoms with Crippen LogP contribution in [0.1, 0.15) is 11.3 Å². The number of H-pyrrole nitrogens is 1. The fraction of sp³-hybridized carbons (Fsp3) is 0.125. The molecule has 3 heterocycles. The first-order chi connectivity index (χ1) is 12.4. The lowest BCUT2D eigenvalue weighted by Gasteiger charge is -2.05. The molecule has 1 N–H and O–H groups in total. The number of nitrogens with one attached hydrogen (secondary N) is 1. The second-order valence-corrected chi connectivity index (χ2v) is 5.89. The van der Waals surface area contributed by atoms with Crippen molar-refractivity contribution >= 4 is 22.6 Å². The third kappa shape index (κ3) is 3.13. The molecule has 0 atom stereocenters. The average molecular weight is 379 g/mol. The Kier molecular flexibility index (Phi) is 3.87. The van der Waals surface area contributed by atoms with Crippen LogP contribution >= 0.6 is 11.6 Å². The maximum absolute atomic E-state index is 12.6. The molecule has 4 aromatic rings. The number of aromatic amines is 1. The number of alkyl halides is 3. The highest BCUT2D eigenvalue weighted by Crippen LogP contribution is 2.29. The summed E-state index contributed by atoms with van der Waals surface area (Å²) in [7, 11) is 0. The molecule has 1 aromatic carbocycles. The lowest BCUT2D eigenvalue weighted by Crippen LogP contribution is -2.04. The Bertz CT molecular complexity index is 1070. The zero-order valence-corrected chi connectivity index (χ0v) is 13.8. The molecular formula is C16H10ClF3N6. The van der Waals surface area contributed by atoms with Gasteiger partial charge in [0.25, 0.3) is 0 Å². The highest BCUT2D eigenvalue weighted by atomic mass is 35.5. The molecule has 0 aliphatic rings. The average Bonchev–Trinajstić information content (AvgIpc) is 3.23. The van der Waals surface area contributed by atoms with Crippen LogP contribution < -0.4 is 0 Å². The van der Waals surface area contributed by atoms with Gasteiger partial charge in [-0.25, -0.2) is 14.6 Å². The Hall–Kier alpha value is -2.94. The zero-order valence-electron chi connectivity index (χ0n) is 13.0. The van der Waals surface area contributed by atoms with Crippen molar-refractivity contribution < 1.29 is 13.2 Å². The third-order valence-corrected chi connectivity index (χ3v) is 3.96. The van der Waals surface area contributed by atoms with Crippen LogP contribution in [0.5, 0.6) is 0 Å². The summed E-state index contributed by atoms with van der Waals surface area (Å²) < 4.78 is 39.6. The molecule has 0 amide bonds. The Morgan fingerprint density at radius 2 is 1.85 bits per heavy atom. The zero-order chi connectivity index (χ0) is 18.3. The monoisotopic (exact) mass is 378 g/mol. The quantitative estimate of drug-likeness (QED) is 0.548. The number of aromatic nitrogens is 6. The molecule has 0 unspecified atom stereocenters. The van der Waals surface area contributed by atoms with Gasteiger partial charge in [0.2, 0.25) is 5.28 Å². The number of hydrogen-bond donors (Lipinski definition) is 1. The van der Waals surface area contributed by atoms with Crippen molar-refractivity contribution in [2.24, 2.45) is 0 Å². The summed E-state index contributed by atoms with van der Waals surface area (Å²) in [6.45, 7) is 0.434. The van der Waals surface area contributed by atoms with Gasteiger partial charge in [0.15, 0.2) is 11.3 Å². The Morgan fingerprint density at radius 1 is 1.08 bits per heavy atom. The number of nitrogens with zero attached hydrogens (tertiary/aromatic N) is 5. The molecule has 10 heteroatoms. The second kappa shape index (κ2) is 6.10. The van der Waals surface area contributed by atoms with E-state index in [1.165, 1.54) is 0 Å². The molecule has 26 heavy (non-hydrogen) atoms. The predicted octanol–water partition coefficient (Wildman–Crippen LogP) is 3.94. The molecule has 0 bridgehead atoms. The van der Waals surface area contributed by atoms with Crippen molar-refractivity contribution in [3.8, 4) is 11.4 Å². The van der Waals surface area contributed by atoms with Crippen LogP contribution in [0.15, 0.2) is 42.9 Å². The van der Waals surface area contributed by atoms with E-state index >= 15 is 0 Å². The van der Waals surface area contributed by atoms with Crippen molar-refractivity contribution in [2.75, 3.05) is 0 Å². The summed E-state index contributed by atoms with van der Waals surface area (Å²) in [5.74, 6) is 0.160. The fourth-order valence-electron chi connectivity index (χ4n) is 2.52. The Balaban J connectivity index is 1.58. The van der Waals surface area contributed by atoms with E-state index in [1.807, 2.05) is 0 Å².